The number of anilines is 1. The summed E-state index contributed by atoms with van der Waals surface area (Å²) in [4.78, 5) is 24.6. The molecule has 0 fully saturated rings. The molecule has 0 aliphatic heterocycles. The lowest BCUT2D eigenvalue weighted by atomic mass is 10.1. The summed E-state index contributed by atoms with van der Waals surface area (Å²) in [6.45, 7) is 2.78. The number of carbonyl (C=O) groups excluding carboxylic acids is 1. The summed E-state index contributed by atoms with van der Waals surface area (Å²) in [7, 11) is 5.54. The second kappa shape index (κ2) is 7.58. The maximum Gasteiger partial charge on any atom is 0.293 e. The highest BCUT2D eigenvalue weighted by Crippen LogP contribution is 2.24. The number of amides is 1. The Balaban J connectivity index is 2.78. The monoisotopic (exact) mass is 294 g/mol. The van der Waals surface area contributed by atoms with Crippen molar-refractivity contribution in [2.45, 2.75) is 19.4 Å². The molecule has 0 aliphatic carbocycles. The summed E-state index contributed by atoms with van der Waals surface area (Å²) >= 11 is 0. The van der Waals surface area contributed by atoms with Crippen LogP contribution in [0.2, 0.25) is 0 Å². The lowest BCUT2D eigenvalue weighted by molar-refractivity contribution is -0.384. The molecule has 0 saturated heterocycles. The van der Waals surface area contributed by atoms with Gasteiger partial charge in [-0.25, -0.2) is 0 Å². The molecule has 1 atom stereocenters. The molecule has 0 spiro atoms. The van der Waals surface area contributed by atoms with Gasteiger partial charge in [0.2, 0.25) is 0 Å². The minimum Gasteiger partial charge on any atom is -0.383 e. The van der Waals surface area contributed by atoms with Gasteiger partial charge in [-0.15, -0.1) is 0 Å². The standard InChI is InChI=1S/C14H22N4O3/c1-10(7-8-17(3)4)16-14(19)11-5-6-12(15-2)13(9-11)18(20)21/h5-6,9-10,15H,7-8H2,1-4H3,(H,16,19). The van der Waals surface area contributed by atoms with Crippen molar-refractivity contribution in [3.63, 3.8) is 0 Å². The number of nitrogens with zero attached hydrogens (tertiary/aromatic N) is 2. The lowest BCUT2D eigenvalue weighted by Gasteiger charge is -2.16. The molecule has 116 valence electrons. The highest BCUT2D eigenvalue weighted by atomic mass is 16.6. The average Bonchev–Trinajstić information content (AvgIpc) is 2.44. The maximum absolute atomic E-state index is 12.1. The fourth-order valence-electron chi connectivity index (χ4n) is 1.87. The summed E-state index contributed by atoms with van der Waals surface area (Å²) < 4.78 is 0. The third kappa shape index (κ3) is 5.03. The number of nitro benzene ring substituents is 1. The summed E-state index contributed by atoms with van der Waals surface area (Å²) in [5.41, 5.74) is 0.570. The minimum absolute atomic E-state index is 0.00272. The van der Waals surface area contributed by atoms with Gasteiger partial charge in [-0.05, 0) is 46.1 Å². The third-order valence-electron chi connectivity index (χ3n) is 3.11. The van der Waals surface area contributed by atoms with Crippen molar-refractivity contribution >= 4 is 17.3 Å². The molecule has 7 heteroatoms. The van der Waals surface area contributed by atoms with Gasteiger partial charge in [0, 0.05) is 24.7 Å². The number of rotatable bonds is 7. The molecule has 0 saturated carbocycles. The van der Waals surface area contributed by atoms with Gasteiger partial charge in [0.1, 0.15) is 5.69 Å². The van der Waals surface area contributed by atoms with Crippen LogP contribution < -0.4 is 10.6 Å². The van der Waals surface area contributed by atoms with Gasteiger partial charge in [-0.1, -0.05) is 0 Å². The average molecular weight is 294 g/mol. The van der Waals surface area contributed by atoms with Crippen molar-refractivity contribution in [2.24, 2.45) is 0 Å². The second-order valence-corrected chi connectivity index (χ2v) is 5.21. The van der Waals surface area contributed by atoms with Crippen LogP contribution in [0.4, 0.5) is 11.4 Å². The van der Waals surface area contributed by atoms with Crippen molar-refractivity contribution in [3.05, 3.63) is 33.9 Å². The van der Waals surface area contributed by atoms with E-state index in [0.717, 1.165) is 13.0 Å². The minimum atomic E-state index is -0.502. The van der Waals surface area contributed by atoms with Crippen LogP contribution in [0.1, 0.15) is 23.7 Å². The molecule has 1 rings (SSSR count). The van der Waals surface area contributed by atoms with Gasteiger partial charge in [-0.2, -0.15) is 0 Å². The van der Waals surface area contributed by atoms with Gasteiger partial charge in [-0.3, -0.25) is 14.9 Å². The van der Waals surface area contributed by atoms with Gasteiger partial charge in [0.05, 0.1) is 4.92 Å². The summed E-state index contributed by atoms with van der Waals surface area (Å²) in [6.07, 6.45) is 0.815. The second-order valence-electron chi connectivity index (χ2n) is 5.21. The number of hydrogen-bond donors (Lipinski definition) is 2. The first kappa shape index (κ1) is 16.9. The Bertz CT molecular complexity index is 517. The number of benzene rings is 1. The Morgan fingerprint density at radius 3 is 2.62 bits per heavy atom. The maximum atomic E-state index is 12.1. The molecule has 1 unspecified atom stereocenters. The van der Waals surface area contributed by atoms with E-state index in [9.17, 15) is 14.9 Å². The summed E-state index contributed by atoms with van der Waals surface area (Å²) in [5.74, 6) is -0.299. The zero-order valence-corrected chi connectivity index (χ0v) is 12.8. The predicted molar refractivity (Wildman–Crippen MR) is 82.7 cm³/mol. The lowest BCUT2D eigenvalue weighted by Crippen LogP contribution is -2.34. The van der Waals surface area contributed by atoms with E-state index in [1.54, 1.807) is 13.1 Å². The molecule has 2 N–H and O–H groups in total. The highest BCUT2D eigenvalue weighted by molar-refractivity contribution is 5.95. The molecule has 0 bridgehead atoms. The van der Waals surface area contributed by atoms with Crippen LogP contribution in [-0.2, 0) is 0 Å². The van der Waals surface area contributed by atoms with Crippen molar-refractivity contribution in [3.8, 4) is 0 Å². The van der Waals surface area contributed by atoms with Crippen LogP contribution >= 0.6 is 0 Å². The quantitative estimate of drug-likeness (QED) is 0.590. The zero-order valence-electron chi connectivity index (χ0n) is 12.8. The SMILES string of the molecule is CNc1ccc(C(=O)NC(C)CCN(C)C)cc1[N+](=O)[O-]. The molecule has 0 aromatic heterocycles. The Labute approximate surface area is 124 Å². The molecular weight excluding hydrogens is 272 g/mol. The Morgan fingerprint density at radius 1 is 1.43 bits per heavy atom. The topological polar surface area (TPSA) is 87.5 Å². The van der Waals surface area contributed by atoms with Crippen LogP contribution in [0.5, 0.6) is 0 Å². The molecule has 1 amide bonds. The van der Waals surface area contributed by atoms with Crippen molar-refractivity contribution in [1.29, 1.82) is 0 Å². The number of hydrogen-bond acceptors (Lipinski definition) is 5. The Kier molecular flexibility index (Phi) is 6.10. The molecule has 0 radical (unpaired) electrons. The molecule has 0 heterocycles. The predicted octanol–water partition coefficient (Wildman–Crippen LogP) is 1.71. The van der Waals surface area contributed by atoms with E-state index in [1.165, 1.54) is 12.1 Å². The van der Waals surface area contributed by atoms with Crippen molar-refractivity contribution < 1.29 is 9.72 Å². The van der Waals surface area contributed by atoms with Crippen LogP contribution in [0.25, 0.3) is 0 Å². The molecular formula is C14H22N4O3. The van der Waals surface area contributed by atoms with Crippen LogP contribution in [-0.4, -0.2) is 49.5 Å². The Hall–Kier alpha value is -2.15. The van der Waals surface area contributed by atoms with Gasteiger partial charge in [0.15, 0.2) is 0 Å². The van der Waals surface area contributed by atoms with Crippen molar-refractivity contribution in [2.75, 3.05) is 33.0 Å². The number of nitro groups is 1. The van der Waals surface area contributed by atoms with Crippen LogP contribution in [0.15, 0.2) is 18.2 Å². The van der Waals surface area contributed by atoms with Gasteiger partial charge >= 0.3 is 0 Å². The zero-order chi connectivity index (χ0) is 16.0. The third-order valence-corrected chi connectivity index (χ3v) is 3.11. The molecule has 1 aromatic rings. The van der Waals surface area contributed by atoms with E-state index in [4.69, 9.17) is 0 Å². The fourth-order valence-corrected chi connectivity index (χ4v) is 1.87. The molecule has 1 aromatic carbocycles. The molecule has 21 heavy (non-hydrogen) atoms. The van der Waals surface area contributed by atoms with E-state index in [-0.39, 0.29) is 23.2 Å². The van der Waals surface area contributed by atoms with Crippen molar-refractivity contribution in [1.82, 2.24) is 10.2 Å². The number of nitrogens with one attached hydrogen (secondary N) is 2. The van der Waals surface area contributed by atoms with Gasteiger partial charge in [0.25, 0.3) is 11.6 Å². The van der Waals surface area contributed by atoms with Crippen LogP contribution in [0.3, 0.4) is 0 Å². The number of carbonyl (C=O) groups is 1. The summed E-state index contributed by atoms with van der Waals surface area (Å²) in [6, 6.07) is 4.41. The Morgan fingerprint density at radius 2 is 2.10 bits per heavy atom. The van der Waals surface area contributed by atoms with E-state index < -0.39 is 4.92 Å². The normalized spacial score (nSPS) is 12.0. The fraction of sp³-hybridized carbons (Fsp3) is 0.500. The van der Waals surface area contributed by atoms with Crippen LogP contribution in [0, 0.1) is 10.1 Å². The van der Waals surface area contributed by atoms with E-state index in [1.807, 2.05) is 25.9 Å². The first-order valence-electron chi connectivity index (χ1n) is 6.77. The first-order chi connectivity index (χ1) is 9.85. The molecule has 0 aliphatic rings. The van der Waals surface area contributed by atoms with E-state index in [2.05, 4.69) is 10.6 Å². The van der Waals surface area contributed by atoms with E-state index in [0.29, 0.717) is 5.69 Å². The summed E-state index contributed by atoms with van der Waals surface area (Å²) in [5, 5.41) is 16.6. The highest BCUT2D eigenvalue weighted by Gasteiger charge is 2.17. The molecule has 7 nitrogen and oxygen atoms in total. The first-order valence-corrected chi connectivity index (χ1v) is 6.77. The van der Waals surface area contributed by atoms with Gasteiger partial charge < -0.3 is 15.5 Å². The smallest absolute Gasteiger partial charge is 0.293 e. The van der Waals surface area contributed by atoms with E-state index >= 15 is 0 Å². The largest absolute Gasteiger partial charge is 0.383 e.